The molecule has 0 N–H and O–H groups in total. The number of halogens is 2. The summed E-state index contributed by atoms with van der Waals surface area (Å²) in [5.74, 6) is 16.4. The Balaban J connectivity index is 1.33. The highest BCUT2D eigenvalue weighted by Gasteiger charge is 2.65. The summed E-state index contributed by atoms with van der Waals surface area (Å²) in [5.41, 5.74) is 3.12. The maximum Gasteiger partial charge on any atom is 0.0441 e. The molecule has 6 aliphatic rings. The minimum absolute atomic E-state index is 0.533. The topological polar surface area (TPSA) is 0 Å². The van der Waals surface area contributed by atoms with Gasteiger partial charge in [0.2, 0.25) is 0 Å². The van der Waals surface area contributed by atoms with Crippen LogP contribution in [0.25, 0.3) is 0 Å². The highest BCUT2D eigenvalue weighted by atomic mass is 79.9. The van der Waals surface area contributed by atoms with Crippen molar-refractivity contribution in [2.24, 2.45) is 59.2 Å². The molecule has 2 heteroatoms. The summed E-state index contributed by atoms with van der Waals surface area (Å²) in [7, 11) is 0. The van der Waals surface area contributed by atoms with Crippen LogP contribution in [0.15, 0.2) is 54.6 Å². The van der Waals surface area contributed by atoms with Gasteiger partial charge in [-0.2, -0.15) is 0 Å². The standard InChI is InChI=1S/C36H40BrCl/c37-30-18-17-27-33-24(30)14-8-15-26(33)35-32(21-9-2-1-3-10-21)28-19-22-11-4-5-12-23(22)20-29(28)34(36(27)35)25-13-6-7-16-31(25)38/h1-3,6-7,9-10,13,16,22-24,26-30,32-36H,4-5,11-12,15,17-20H2. The molecule has 5 saturated carbocycles. The molecule has 0 saturated heterocycles. The van der Waals surface area contributed by atoms with Gasteiger partial charge in [-0.05, 0) is 108 Å². The SMILES string of the molecule is Clc1ccccc1C1C2CC3CCCCC3CC2C(c2ccccc2)C2C3CC#CC4C(Br)CCC(C43)C12. The average molecular weight is 588 g/mol. The van der Waals surface area contributed by atoms with E-state index in [0.717, 1.165) is 64.7 Å². The van der Waals surface area contributed by atoms with Crippen LogP contribution in [0.4, 0.5) is 0 Å². The third-order valence-corrected chi connectivity index (χ3v) is 13.9. The van der Waals surface area contributed by atoms with E-state index < -0.39 is 0 Å². The lowest BCUT2D eigenvalue weighted by Crippen LogP contribution is -2.49. The molecule has 0 heterocycles. The minimum atomic E-state index is 0.533. The number of alkyl halides is 1. The van der Waals surface area contributed by atoms with Gasteiger partial charge in [0.25, 0.3) is 0 Å². The van der Waals surface area contributed by atoms with Crippen LogP contribution in [0, 0.1) is 71.0 Å². The molecule has 0 amide bonds. The molecule has 0 aliphatic heterocycles. The molecule has 0 bridgehead atoms. The first-order valence-corrected chi connectivity index (χ1v) is 16.9. The average Bonchev–Trinajstić information content (AvgIpc) is 3.28. The molecule has 6 aliphatic carbocycles. The summed E-state index contributed by atoms with van der Waals surface area (Å²) in [4.78, 5) is 0.568. The molecule has 13 unspecified atom stereocenters. The van der Waals surface area contributed by atoms with Crippen LogP contribution in [0.1, 0.15) is 80.8 Å². The van der Waals surface area contributed by atoms with E-state index in [-0.39, 0.29) is 0 Å². The van der Waals surface area contributed by atoms with Gasteiger partial charge in [0.05, 0.1) is 0 Å². The molecule has 13 atom stereocenters. The van der Waals surface area contributed by atoms with E-state index in [2.05, 4.69) is 82.4 Å². The molecule has 2 aromatic carbocycles. The van der Waals surface area contributed by atoms with Gasteiger partial charge in [-0.15, -0.1) is 5.92 Å². The fraction of sp³-hybridized carbons (Fsp3) is 0.611. The molecule has 0 spiro atoms. The highest BCUT2D eigenvalue weighted by molar-refractivity contribution is 9.09. The smallest absolute Gasteiger partial charge is 0.0441 e. The zero-order valence-corrected chi connectivity index (χ0v) is 24.7. The van der Waals surface area contributed by atoms with Gasteiger partial charge in [0.15, 0.2) is 0 Å². The van der Waals surface area contributed by atoms with E-state index >= 15 is 0 Å². The molecular weight excluding hydrogens is 548 g/mol. The van der Waals surface area contributed by atoms with Crippen LogP contribution in [0.3, 0.4) is 0 Å². The molecule has 5 fully saturated rings. The van der Waals surface area contributed by atoms with Gasteiger partial charge in [0, 0.05) is 22.2 Å². The lowest BCUT2D eigenvalue weighted by Gasteiger charge is -2.58. The third kappa shape index (κ3) is 3.68. The maximum absolute atomic E-state index is 7.15. The monoisotopic (exact) mass is 586 g/mol. The lowest BCUT2D eigenvalue weighted by molar-refractivity contribution is -0.0340. The quantitative estimate of drug-likeness (QED) is 0.242. The fourth-order valence-corrected chi connectivity index (χ4v) is 12.5. The van der Waals surface area contributed by atoms with E-state index in [9.17, 15) is 0 Å². The van der Waals surface area contributed by atoms with Crippen molar-refractivity contribution in [2.75, 3.05) is 0 Å². The van der Waals surface area contributed by atoms with Crippen LogP contribution in [-0.4, -0.2) is 4.83 Å². The van der Waals surface area contributed by atoms with Crippen molar-refractivity contribution in [3.05, 3.63) is 70.7 Å². The maximum atomic E-state index is 7.15. The lowest BCUT2D eigenvalue weighted by atomic mass is 9.46. The molecule has 0 nitrogen and oxygen atoms in total. The second-order valence-corrected chi connectivity index (χ2v) is 15.4. The van der Waals surface area contributed by atoms with Crippen molar-refractivity contribution in [1.29, 1.82) is 0 Å². The Kier molecular flexibility index (Phi) is 6.27. The Bertz CT molecular complexity index is 1240. The molecule has 0 aromatic heterocycles. The van der Waals surface area contributed by atoms with Gasteiger partial charge in [-0.25, -0.2) is 0 Å². The predicted molar refractivity (Wildman–Crippen MR) is 160 cm³/mol. The van der Waals surface area contributed by atoms with Crippen molar-refractivity contribution in [3.8, 4) is 11.8 Å². The summed E-state index contributed by atoms with van der Waals surface area (Å²) in [6.45, 7) is 0. The minimum Gasteiger partial charge on any atom is -0.103 e. The number of hydrogen-bond acceptors (Lipinski definition) is 0. The molecule has 8 rings (SSSR count). The van der Waals surface area contributed by atoms with E-state index in [1.54, 1.807) is 5.56 Å². The summed E-state index contributed by atoms with van der Waals surface area (Å²) in [5, 5.41) is 1.02. The van der Waals surface area contributed by atoms with E-state index in [0.29, 0.717) is 22.6 Å². The third-order valence-electron chi connectivity index (χ3n) is 12.6. The van der Waals surface area contributed by atoms with Crippen molar-refractivity contribution in [2.45, 2.75) is 74.5 Å². The second kappa shape index (κ2) is 9.70. The van der Waals surface area contributed by atoms with Crippen LogP contribution in [0.2, 0.25) is 5.02 Å². The van der Waals surface area contributed by atoms with Crippen LogP contribution < -0.4 is 0 Å². The van der Waals surface area contributed by atoms with Gasteiger partial charge >= 0.3 is 0 Å². The normalized spacial score (nSPS) is 46.5. The Morgan fingerprint density at radius 2 is 1.37 bits per heavy atom. The summed E-state index contributed by atoms with van der Waals surface area (Å²) >= 11 is 11.3. The first-order valence-electron chi connectivity index (χ1n) is 15.6. The van der Waals surface area contributed by atoms with E-state index in [1.165, 1.54) is 56.9 Å². The van der Waals surface area contributed by atoms with Crippen molar-refractivity contribution in [1.82, 2.24) is 0 Å². The van der Waals surface area contributed by atoms with Gasteiger partial charge < -0.3 is 0 Å². The van der Waals surface area contributed by atoms with Gasteiger partial charge in [-0.3, -0.25) is 0 Å². The second-order valence-electron chi connectivity index (χ2n) is 13.8. The number of rotatable bonds is 2. The molecular formula is C36H40BrCl. The van der Waals surface area contributed by atoms with Crippen molar-refractivity contribution >= 4 is 27.5 Å². The molecule has 2 aromatic rings. The highest BCUT2D eigenvalue weighted by Crippen LogP contribution is 2.72. The predicted octanol–water partition coefficient (Wildman–Crippen LogP) is 9.73. The van der Waals surface area contributed by atoms with Crippen molar-refractivity contribution < 1.29 is 0 Å². The Hall–Kier alpha value is -1.23. The first-order chi connectivity index (χ1) is 18.7. The van der Waals surface area contributed by atoms with Gasteiger partial charge in [0.1, 0.15) is 0 Å². The summed E-state index contributed by atoms with van der Waals surface area (Å²) < 4.78 is 0. The molecule has 38 heavy (non-hydrogen) atoms. The number of hydrogen-bond donors (Lipinski definition) is 0. The van der Waals surface area contributed by atoms with Crippen LogP contribution in [0.5, 0.6) is 0 Å². The zero-order valence-electron chi connectivity index (χ0n) is 22.3. The van der Waals surface area contributed by atoms with Gasteiger partial charge in [-0.1, -0.05) is 108 Å². The van der Waals surface area contributed by atoms with E-state index in [4.69, 9.17) is 11.6 Å². The Morgan fingerprint density at radius 1 is 0.684 bits per heavy atom. The summed E-state index contributed by atoms with van der Waals surface area (Å²) in [6.07, 6.45) is 12.4. The van der Waals surface area contributed by atoms with E-state index in [1.807, 2.05) is 0 Å². The molecule has 198 valence electrons. The summed E-state index contributed by atoms with van der Waals surface area (Å²) in [6, 6.07) is 20.8. The van der Waals surface area contributed by atoms with Crippen molar-refractivity contribution in [3.63, 3.8) is 0 Å². The Morgan fingerprint density at radius 3 is 2.13 bits per heavy atom. The van der Waals surface area contributed by atoms with Crippen LogP contribution >= 0.6 is 27.5 Å². The Labute approximate surface area is 242 Å². The largest absolute Gasteiger partial charge is 0.103 e. The number of fused-ring (bicyclic) bond motifs is 5. The number of benzene rings is 2. The molecule has 0 radical (unpaired) electrons. The fourth-order valence-electron chi connectivity index (χ4n) is 11.5. The zero-order chi connectivity index (χ0) is 25.4. The first kappa shape index (κ1) is 24.6. The van der Waals surface area contributed by atoms with Crippen LogP contribution in [-0.2, 0) is 0 Å².